The van der Waals surface area contributed by atoms with E-state index >= 15 is 0 Å². The van der Waals surface area contributed by atoms with E-state index in [0.29, 0.717) is 29.4 Å². The second-order valence-electron chi connectivity index (χ2n) is 8.52. The molecule has 4 aromatic rings. The van der Waals surface area contributed by atoms with Crippen LogP contribution in [0, 0.1) is 13.8 Å². The van der Waals surface area contributed by atoms with E-state index in [4.69, 9.17) is 12.2 Å². The molecule has 11 heteroatoms. The third-order valence-corrected chi connectivity index (χ3v) is 7.55. The lowest BCUT2D eigenvalue weighted by atomic mass is 10.2. The average molecular weight is 533 g/mol. The van der Waals surface area contributed by atoms with Gasteiger partial charge in [-0.15, -0.1) is 0 Å². The fraction of sp³-hybridized carbons (Fsp3) is 0.192. The Bertz CT molecular complexity index is 1730. The number of thiocarbonyl (C=S) groups is 1. The summed E-state index contributed by atoms with van der Waals surface area (Å²) in [7, 11) is 1.76. The molecule has 4 heterocycles. The predicted octanol–water partition coefficient (Wildman–Crippen LogP) is 3.64. The molecule has 0 radical (unpaired) electrons. The highest BCUT2D eigenvalue weighted by molar-refractivity contribution is 8.27. The predicted molar refractivity (Wildman–Crippen MR) is 152 cm³/mol. The largest absolute Gasteiger partial charge is 0.370 e. The summed E-state index contributed by atoms with van der Waals surface area (Å²) >= 11 is 6.60. The van der Waals surface area contributed by atoms with Crippen molar-refractivity contribution < 1.29 is 4.79 Å². The summed E-state index contributed by atoms with van der Waals surface area (Å²) in [5, 5.41) is 3.13. The number of pyridine rings is 1. The van der Waals surface area contributed by atoms with E-state index in [0.717, 1.165) is 17.3 Å². The molecule has 0 spiro atoms. The Kier molecular flexibility index (Phi) is 6.34. The second-order valence-corrected chi connectivity index (χ2v) is 10.2. The summed E-state index contributed by atoms with van der Waals surface area (Å²) in [5.41, 5.74) is 2.41. The number of aromatic nitrogens is 4. The zero-order valence-corrected chi connectivity index (χ0v) is 22.3. The number of fused-ring (bicyclic) bond motifs is 1. The quantitative estimate of drug-likeness (QED) is 0.310. The number of carbonyl (C=O) groups is 1. The first kappa shape index (κ1) is 24.7. The van der Waals surface area contributed by atoms with Crippen molar-refractivity contribution in [1.29, 1.82) is 0 Å². The summed E-state index contributed by atoms with van der Waals surface area (Å²) in [6.45, 7) is 6.09. The third kappa shape index (κ3) is 4.00. The maximum atomic E-state index is 13.6. The van der Waals surface area contributed by atoms with Crippen molar-refractivity contribution in [2.24, 2.45) is 7.05 Å². The van der Waals surface area contributed by atoms with E-state index < -0.39 is 5.91 Å². The molecule has 9 nitrogen and oxygen atoms in total. The van der Waals surface area contributed by atoms with Gasteiger partial charge in [0.2, 0.25) is 0 Å². The first-order valence-electron chi connectivity index (χ1n) is 11.6. The minimum Gasteiger partial charge on any atom is -0.370 e. The van der Waals surface area contributed by atoms with Gasteiger partial charge in [-0.25, -0.2) is 9.67 Å². The van der Waals surface area contributed by atoms with Crippen LogP contribution < -0.4 is 21.3 Å². The van der Waals surface area contributed by atoms with Crippen LogP contribution in [-0.2, 0) is 11.8 Å². The molecule has 188 valence electrons. The zero-order chi connectivity index (χ0) is 26.4. The Morgan fingerprint density at radius 2 is 1.78 bits per heavy atom. The zero-order valence-electron chi connectivity index (χ0n) is 20.7. The highest BCUT2D eigenvalue weighted by Gasteiger charge is 2.38. The van der Waals surface area contributed by atoms with Crippen LogP contribution >= 0.6 is 24.0 Å². The molecule has 0 atom stereocenters. The number of benzene rings is 1. The number of hydrogen-bond donors (Lipinski definition) is 1. The molecule has 1 fully saturated rings. The number of para-hydroxylation sites is 1. The lowest BCUT2D eigenvalue weighted by molar-refractivity contribution is -0.113. The highest BCUT2D eigenvalue weighted by Crippen LogP contribution is 2.36. The molecule has 37 heavy (non-hydrogen) atoms. The van der Waals surface area contributed by atoms with Crippen molar-refractivity contribution in [2.75, 3.05) is 16.8 Å². The topological polar surface area (TPSA) is 93.6 Å². The van der Waals surface area contributed by atoms with Gasteiger partial charge in [-0.05, 0) is 50.6 Å². The molecule has 0 unspecified atom stereocenters. The van der Waals surface area contributed by atoms with Crippen LogP contribution in [0.15, 0.2) is 63.2 Å². The molecular weight excluding hydrogens is 508 g/mol. The Morgan fingerprint density at radius 1 is 1.05 bits per heavy atom. The van der Waals surface area contributed by atoms with Crippen LogP contribution in [0.25, 0.3) is 17.4 Å². The van der Waals surface area contributed by atoms with Gasteiger partial charge in [-0.2, -0.15) is 0 Å². The highest BCUT2D eigenvalue weighted by atomic mass is 32.2. The van der Waals surface area contributed by atoms with E-state index in [1.165, 1.54) is 20.1 Å². The number of nitrogens with one attached hydrogen (secondary N) is 1. The van der Waals surface area contributed by atoms with E-state index in [9.17, 15) is 14.4 Å². The van der Waals surface area contributed by atoms with Crippen LogP contribution in [0.5, 0.6) is 0 Å². The number of hydrogen-bond acceptors (Lipinski definition) is 7. The first-order chi connectivity index (χ1) is 17.7. The Morgan fingerprint density at radius 3 is 2.49 bits per heavy atom. The number of thioether (sulfide) groups is 1. The molecule has 1 saturated heterocycles. The van der Waals surface area contributed by atoms with Gasteiger partial charge in [0.05, 0.1) is 21.8 Å². The molecule has 0 saturated carbocycles. The number of carbonyl (C=O) groups excluding carboxylic acids is 1. The number of aryl methyl sites for hydroxylation is 1. The minimum atomic E-state index is -0.461. The lowest BCUT2D eigenvalue weighted by Gasteiger charge is -2.12. The summed E-state index contributed by atoms with van der Waals surface area (Å²) < 4.78 is 4.87. The van der Waals surface area contributed by atoms with Crippen LogP contribution in [0.4, 0.5) is 11.5 Å². The smallest absolute Gasteiger partial charge is 0.296 e. The molecule has 1 N–H and O–H groups in total. The molecule has 0 bridgehead atoms. The standard InChI is InChI=1S/C26H24N6O3S2/c1-5-27-21-18(23(33)30-13-9-10-15(2)22(30)28-21)14-19-24(34)31(26(36)37-19)20-16(3)29(4)32(25(20)35)17-11-7-6-8-12-17/h6-14,27H,5H2,1-4H3/b19-14+. The lowest BCUT2D eigenvalue weighted by Crippen LogP contribution is -2.33. The van der Waals surface area contributed by atoms with Gasteiger partial charge in [-0.3, -0.25) is 28.4 Å². The molecule has 0 aliphatic carbocycles. The van der Waals surface area contributed by atoms with Crippen molar-refractivity contribution in [3.63, 3.8) is 0 Å². The Balaban J connectivity index is 1.63. The van der Waals surface area contributed by atoms with Crippen LogP contribution in [0.1, 0.15) is 23.7 Å². The first-order valence-corrected chi connectivity index (χ1v) is 12.8. The molecule has 1 aromatic carbocycles. The SMILES string of the molecule is CCNc1nc2c(C)cccn2c(=O)c1/C=C1/SC(=S)N(c2c(C)n(C)n(-c3ccccc3)c2=O)C1=O. The van der Waals surface area contributed by atoms with E-state index in [1.54, 1.807) is 30.9 Å². The van der Waals surface area contributed by atoms with Gasteiger partial charge in [-0.1, -0.05) is 48.2 Å². The Hall–Kier alpha value is -3.96. The average Bonchev–Trinajstić information content (AvgIpc) is 3.27. The molecular formula is C26H24N6O3S2. The van der Waals surface area contributed by atoms with Gasteiger partial charge in [0.1, 0.15) is 17.2 Å². The van der Waals surface area contributed by atoms with Crippen molar-refractivity contribution in [3.8, 4) is 5.69 Å². The molecule has 3 aromatic heterocycles. The van der Waals surface area contributed by atoms with Gasteiger partial charge in [0.25, 0.3) is 17.0 Å². The number of amides is 1. The Labute approximate surface area is 222 Å². The van der Waals surface area contributed by atoms with E-state index in [2.05, 4.69) is 10.3 Å². The number of nitrogens with zero attached hydrogens (tertiary/aromatic N) is 5. The van der Waals surface area contributed by atoms with E-state index in [1.807, 2.05) is 50.2 Å². The summed E-state index contributed by atoms with van der Waals surface area (Å²) in [5.74, 6) is -0.0772. The fourth-order valence-corrected chi connectivity index (χ4v) is 5.60. The maximum Gasteiger partial charge on any atom is 0.296 e. The second kappa shape index (κ2) is 9.49. The van der Waals surface area contributed by atoms with Crippen LogP contribution in [-0.4, -0.2) is 35.5 Å². The van der Waals surface area contributed by atoms with Crippen LogP contribution in [0.2, 0.25) is 0 Å². The van der Waals surface area contributed by atoms with Gasteiger partial charge in [0, 0.05) is 19.8 Å². The van der Waals surface area contributed by atoms with Gasteiger partial charge < -0.3 is 5.32 Å². The fourth-order valence-electron chi connectivity index (χ4n) is 4.35. The molecule has 1 aliphatic rings. The summed E-state index contributed by atoms with van der Waals surface area (Å²) in [4.78, 5) is 46.7. The van der Waals surface area contributed by atoms with Crippen molar-refractivity contribution in [3.05, 3.63) is 91.1 Å². The van der Waals surface area contributed by atoms with Crippen molar-refractivity contribution >= 4 is 57.4 Å². The summed E-state index contributed by atoms with van der Waals surface area (Å²) in [6, 6.07) is 12.8. The maximum absolute atomic E-state index is 13.6. The molecule has 1 aliphatic heterocycles. The monoisotopic (exact) mass is 532 g/mol. The van der Waals surface area contributed by atoms with Crippen LogP contribution in [0.3, 0.4) is 0 Å². The minimum absolute atomic E-state index is 0.188. The molecule has 1 amide bonds. The number of anilines is 2. The normalized spacial score (nSPS) is 14.8. The summed E-state index contributed by atoms with van der Waals surface area (Å²) in [6.07, 6.45) is 3.16. The third-order valence-electron chi connectivity index (χ3n) is 6.25. The number of rotatable bonds is 5. The van der Waals surface area contributed by atoms with Gasteiger partial charge in [0.15, 0.2) is 4.32 Å². The van der Waals surface area contributed by atoms with E-state index in [-0.39, 0.29) is 31.6 Å². The van der Waals surface area contributed by atoms with Crippen molar-refractivity contribution in [2.45, 2.75) is 20.8 Å². The molecule has 5 rings (SSSR count). The van der Waals surface area contributed by atoms with Gasteiger partial charge >= 0.3 is 0 Å². The van der Waals surface area contributed by atoms with Crippen molar-refractivity contribution in [1.82, 2.24) is 18.7 Å².